The van der Waals surface area contributed by atoms with Gasteiger partial charge >= 0.3 is 5.69 Å². The molecular formula is C14H13N5O2S. The zero-order chi connectivity index (χ0) is 15.9. The number of benzene rings is 1. The maximum Gasteiger partial charge on any atom is 0.344 e. The number of thiocyanates is 1. The third-order valence-electron chi connectivity index (χ3n) is 2.84. The summed E-state index contributed by atoms with van der Waals surface area (Å²) < 4.78 is 0. The highest BCUT2D eigenvalue weighted by molar-refractivity contribution is 8.03. The number of thioether (sulfide) groups is 1. The van der Waals surface area contributed by atoms with Crippen LogP contribution in [0.25, 0.3) is 0 Å². The van der Waals surface area contributed by atoms with E-state index in [0.29, 0.717) is 30.6 Å². The van der Waals surface area contributed by atoms with Crippen LogP contribution >= 0.6 is 11.8 Å². The molecule has 0 aliphatic rings. The van der Waals surface area contributed by atoms with E-state index in [2.05, 4.69) is 15.3 Å². The molecule has 1 aromatic heterocycles. The largest absolute Gasteiger partial charge is 0.364 e. The fourth-order valence-corrected chi connectivity index (χ4v) is 2.45. The highest BCUT2D eigenvalue weighted by Gasteiger charge is 2.24. The first-order chi connectivity index (χ1) is 10.6. The van der Waals surface area contributed by atoms with E-state index in [-0.39, 0.29) is 16.5 Å². The van der Waals surface area contributed by atoms with Crippen molar-refractivity contribution < 1.29 is 4.92 Å². The van der Waals surface area contributed by atoms with E-state index in [9.17, 15) is 10.1 Å². The molecule has 22 heavy (non-hydrogen) atoms. The number of nitrogens with zero attached hydrogens (tertiary/aromatic N) is 4. The standard InChI is InChI=1S/C14H13N5O2S/c1-10-17-13(12(19(20)21)14(18-10)22-9-15)16-8-7-11-5-3-2-4-6-11/h2-6H,7-8H2,1H3,(H,16,17,18). The summed E-state index contributed by atoms with van der Waals surface area (Å²) in [5, 5.41) is 24.8. The fourth-order valence-electron chi connectivity index (χ4n) is 1.91. The Kier molecular flexibility index (Phi) is 5.27. The van der Waals surface area contributed by atoms with E-state index >= 15 is 0 Å². The van der Waals surface area contributed by atoms with Gasteiger partial charge in [-0.3, -0.25) is 10.1 Å². The van der Waals surface area contributed by atoms with Crippen LogP contribution in [0.3, 0.4) is 0 Å². The van der Waals surface area contributed by atoms with Crippen LogP contribution in [-0.4, -0.2) is 21.4 Å². The molecule has 2 aromatic rings. The number of nitrogens with one attached hydrogen (secondary N) is 1. The molecule has 0 amide bonds. The molecule has 0 atom stereocenters. The molecule has 0 unspecified atom stereocenters. The maximum atomic E-state index is 11.2. The van der Waals surface area contributed by atoms with Gasteiger partial charge in [0.05, 0.1) is 4.92 Å². The Hall–Kier alpha value is -2.66. The smallest absolute Gasteiger partial charge is 0.344 e. The predicted octanol–water partition coefficient (Wildman–Crippen LogP) is 2.92. The van der Waals surface area contributed by atoms with Crippen LogP contribution in [0.5, 0.6) is 0 Å². The maximum absolute atomic E-state index is 11.2. The van der Waals surface area contributed by atoms with Gasteiger partial charge in [0.1, 0.15) is 11.2 Å². The summed E-state index contributed by atoms with van der Waals surface area (Å²) in [7, 11) is 0. The van der Waals surface area contributed by atoms with Gasteiger partial charge in [0.15, 0.2) is 5.03 Å². The molecule has 1 heterocycles. The molecular weight excluding hydrogens is 302 g/mol. The Morgan fingerprint density at radius 2 is 2.09 bits per heavy atom. The van der Waals surface area contributed by atoms with Crippen LogP contribution in [0.1, 0.15) is 11.4 Å². The van der Waals surface area contributed by atoms with Gasteiger partial charge in [-0.25, -0.2) is 9.97 Å². The molecule has 7 nitrogen and oxygen atoms in total. The highest BCUT2D eigenvalue weighted by atomic mass is 32.2. The average molecular weight is 315 g/mol. The first-order valence-electron chi connectivity index (χ1n) is 6.48. The van der Waals surface area contributed by atoms with Gasteiger partial charge in [-0.2, -0.15) is 5.26 Å². The quantitative estimate of drug-likeness (QED) is 0.287. The normalized spacial score (nSPS) is 10.0. The average Bonchev–Trinajstić information content (AvgIpc) is 2.48. The lowest BCUT2D eigenvalue weighted by molar-refractivity contribution is -0.387. The lowest BCUT2D eigenvalue weighted by Crippen LogP contribution is -2.11. The zero-order valence-electron chi connectivity index (χ0n) is 11.8. The number of nitriles is 1. The van der Waals surface area contributed by atoms with Crippen LogP contribution in [-0.2, 0) is 6.42 Å². The summed E-state index contributed by atoms with van der Waals surface area (Å²) in [6.45, 7) is 2.13. The topological polar surface area (TPSA) is 105 Å². The van der Waals surface area contributed by atoms with Crippen molar-refractivity contribution in [1.82, 2.24) is 9.97 Å². The summed E-state index contributed by atoms with van der Waals surface area (Å²) in [5.74, 6) is 0.525. The van der Waals surface area contributed by atoms with Gasteiger partial charge in [-0.05, 0) is 18.9 Å². The Labute approximate surface area is 131 Å². The molecule has 2 rings (SSSR count). The molecule has 0 bridgehead atoms. The second kappa shape index (κ2) is 7.38. The summed E-state index contributed by atoms with van der Waals surface area (Å²) in [6, 6.07) is 9.78. The van der Waals surface area contributed by atoms with Crippen LogP contribution < -0.4 is 5.32 Å². The number of hydrogen-bond donors (Lipinski definition) is 1. The fraction of sp³-hybridized carbons (Fsp3) is 0.214. The molecule has 0 saturated carbocycles. The van der Waals surface area contributed by atoms with Gasteiger partial charge in [-0.1, -0.05) is 30.3 Å². The first-order valence-corrected chi connectivity index (χ1v) is 7.30. The number of aromatic nitrogens is 2. The third-order valence-corrected chi connectivity index (χ3v) is 3.41. The van der Waals surface area contributed by atoms with Crippen molar-refractivity contribution in [3.05, 3.63) is 51.8 Å². The van der Waals surface area contributed by atoms with Gasteiger partial charge in [0, 0.05) is 18.3 Å². The monoisotopic (exact) mass is 315 g/mol. The SMILES string of the molecule is Cc1nc(NCCc2ccccc2)c([N+](=O)[O-])c(SC#N)n1. The van der Waals surface area contributed by atoms with E-state index in [0.717, 1.165) is 5.56 Å². The van der Waals surface area contributed by atoms with Crippen molar-refractivity contribution in [3.8, 4) is 5.40 Å². The van der Waals surface area contributed by atoms with Gasteiger partial charge in [0.25, 0.3) is 0 Å². The van der Waals surface area contributed by atoms with Gasteiger partial charge in [-0.15, -0.1) is 0 Å². The van der Waals surface area contributed by atoms with Crippen molar-refractivity contribution in [2.75, 3.05) is 11.9 Å². The number of anilines is 1. The minimum absolute atomic E-state index is 0.0576. The molecule has 0 fully saturated rings. The lowest BCUT2D eigenvalue weighted by atomic mass is 10.1. The van der Waals surface area contributed by atoms with E-state index < -0.39 is 4.92 Å². The van der Waals surface area contributed by atoms with Gasteiger partial charge < -0.3 is 5.32 Å². The number of nitro groups is 1. The zero-order valence-corrected chi connectivity index (χ0v) is 12.6. The molecule has 0 aliphatic heterocycles. The highest BCUT2D eigenvalue weighted by Crippen LogP contribution is 2.32. The molecule has 0 spiro atoms. The molecule has 0 radical (unpaired) electrons. The minimum atomic E-state index is -0.566. The van der Waals surface area contributed by atoms with E-state index in [4.69, 9.17) is 5.26 Å². The molecule has 1 aromatic carbocycles. The van der Waals surface area contributed by atoms with Crippen molar-refractivity contribution in [3.63, 3.8) is 0 Å². The Morgan fingerprint density at radius 3 is 2.73 bits per heavy atom. The molecule has 0 aliphatic carbocycles. The van der Waals surface area contributed by atoms with Crippen molar-refractivity contribution in [1.29, 1.82) is 5.26 Å². The molecule has 0 saturated heterocycles. The Balaban J connectivity index is 2.19. The Bertz CT molecular complexity index is 715. The van der Waals surface area contributed by atoms with Crippen LogP contribution in [0, 0.1) is 27.7 Å². The predicted molar refractivity (Wildman–Crippen MR) is 83.5 cm³/mol. The number of rotatable bonds is 6. The van der Waals surface area contributed by atoms with Crippen molar-refractivity contribution >= 4 is 23.3 Å². The van der Waals surface area contributed by atoms with Crippen molar-refractivity contribution in [2.24, 2.45) is 0 Å². The second-order valence-corrected chi connectivity index (χ2v) is 5.16. The van der Waals surface area contributed by atoms with Crippen LogP contribution in [0.15, 0.2) is 35.4 Å². The number of hydrogen-bond acceptors (Lipinski definition) is 7. The second-order valence-electron chi connectivity index (χ2n) is 4.39. The van der Waals surface area contributed by atoms with Crippen molar-refractivity contribution in [2.45, 2.75) is 18.4 Å². The van der Waals surface area contributed by atoms with E-state index in [1.165, 1.54) is 0 Å². The lowest BCUT2D eigenvalue weighted by Gasteiger charge is -2.08. The van der Waals surface area contributed by atoms with Crippen LogP contribution in [0.2, 0.25) is 0 Å². The summed E-state index contributed by atoms with van der Waals surface area (Å²) >= 11 is 0.661. The summed E-state index contributed by atoms with van der Waals surface area (Å²) in [6.07, 6.45) is 0.710. The summed E-state index contributed by atoms with van der Waals surface area (Å²) in [4.78, 5) is 18.7. The summed E-state index contributed by atoms with van der Waals surface area (Å²) in [5.41, 5.74) is 0.861. The first kappa shape index (κ1) is 15.7. The number of aryl methyl sites for hydroxylation is 1. The third kappa shape index (κ3) is 3.93. The minimum Gasteiger partial charge on any atom is -0.364 e. The van der Waals surface area contributed by atoms with E-state index in [1.54, 1.807) is 6.92 Å². The molecule has 112 valence electrons. The molecule has 8 heteroatoms. The molecule has 1 N–H and O–H groups in total. The van der Waals surface area contributed by atoms with E-state index in [1.807, 2.05) is 35.7 Å². The van der Waals surface area contributed by atoms with Gasteiger partial charge in [0.2, 0.25) is 5.82 Å². The van der Waals surface area contributed by atoms with Crippen LogP contribution in [0.4, 0.5) is 11.5 Å². The Morgan fingerprint density at radius 1 is 1.36 bits per heavy atom.